The van der Waals surface area contributed by atoms with E-state index in [9.17, 15) is 9.59 Å². The Kier molecular flexibility index (Phi) is 6.14. The molecule has 0 aliphatic rings. The lowest BCUT2D eigenvalue weighted by Gasteiger charge is -2.17. The first-order valence-corrected chi connectivity index (χ1v) is 9.51. The van der Waals surface area contributed by atoms with Crippen LogP contribution in [0.4, 0.5) is 0 Å². The Hall–Kier alpha value is -3.08. The summed E-state index contributed by atoms with van der Waals surface area (Å²) in [6, 6.07) is 14.5. The molecule has 0 aliphatic carbocycles. The van der Waals surface area contributed by atoms with Crippen molar-refractivity contribution in [1.82, 2.24) is 4.90 Å². The second kappa shape index (κ2) is 8.74. The smallest absolute Gasteiger partial charge is 0.260 e. The molecule has 1 heterocycles. The van der Waals surface area contributed by atoms with Crippen molar-refractivity contribution in [3.63, 3.8) is 0 Å². The van der Waals surface area contributed by atoms with Crippen LogP contribution in [0.5, 0.6) is 5.75 Å². The van der Waals surface area contributed by atoms with E-state index in [-0.39, 0.29) is 17.9 Å². The number of aryl methyl sites for hydroxylation is 1. The average Bonchev–Trinajstić information content (AvgIpc) is 2.70. The molecule has 0 atom stereocenters. The average molecular weight is 379 g/mol. The summed E-state index contributed by atoms with van der Waals surface area (Å²) >= 11 is 0. The van der Waals surface area contributed by atoms with Crippen LogP contribution in [-0.2, 0) is 4.79 Å². The van der Waals surface area contributed by atoms with Crippen LogP contribution < -0.4 is 10.2 Å². The van der Waals surface area contributed by atoms with Gasteiger partial charge in [-0.25, -0.2) is 0 Å². The maximum atomic E-state index is 13.0. The minimum absolute atomic E-state index is 0.0446. The zero-order valence-electron chi connectivity index (χ0n) is 16.5. The first kappa shape index (κ1) is 19.7. The Morgan fingerprint density at radius 3 is 2.61 bits per heavy atom. The molecule has 3 rings (SSSR count). The fourth-order valence-corrected chi connectivity index (χ4v) is 3.09. The molecule has 1 aromatic heterocycles. The second-order valence-electron chi connectivity index (χ2n) is 6.84. The van der Waals surface area contributed by atoms with Crippen LogP contribution in [0, 0.1) is 6.92 Å². The predicted molar refractivity (Wildman–Crippen MR) is 111 cm³/mol. The van der Waals surface area contributed by atoms with Gasteiger partial charge in [-0.05, 0) is 31.0 Å². The third-order valence-electron chi connectivity index (χ3n) is 4.74. The number of carbonyl (C=O) groups excluding carboxylic acids is 1. The number of unbranched alkanes of at least 4 members (excludes halogenated alkanes) is 1. The molecule has 0 spiro atoms. The summed E-state index contributed by atoms with van der Waals surface area (Å²) in [5, 5.41) is 0.489. The topological polar surface area (TPSA) is 59.8 Å². The van der Waals surface area contributed by atoms with Crippen LogP contribution in [0.2, 0.25) is 0 Å². The van der Waals surface area contributed by atoms with E-state index in [2.05, 4.69) is 6.92 Å². The molecular formula is C23H25NO4. The van der Waals surface area contributed by atoms with Gasteiger partial charge in [0.2, 0.25) is 5.43 Å². The summed E-state index contributed by atoms with van der Waals surface area (Å²) in [6.45, 7) is 4.54. The summed E-state index contributed by atoms with van der Waals surface area (Å²) in [4.78, 5) is 26.7. The normalized spacial score (nSPS) is 10.8. The number of nitrogens with zero attached hydrogens (tertiary/aromatic N) is 1. The number of hydrogen-bond acceptors (Lipinski definition) is 4. The molecule has 0 bridgehead atoms. The van der Waals surface area contributed by atoms with Gasteiger partial charge in [0.25, 0.3) is 5.91 Å². The molecule has 0 saturated heterocycles. The monoisotopic (exact) mass is 379 g/mol. The van der Waals surface area contributed by atoms with Crippen molar-refractivity contribution < 1.29 is 13.9 Å². The van der Waals surface area contributed by atoms with Gasteiger partial charge in [0, 0.05) is 19.7 Å². The van der Waals surface area contributed by atoms with Crippen molar-refractivity contribution in [3.05, 3.63) is 64.5 Å². The number of rotatable bonds is 7. The van der Waals surface area contributed by atoms with Gasteiger partial charge in [-0.1, -0.05) is 43.7 Å². The van der Waals surface area contributed by atoms with E-state index in [1.165, 1.54) is 0 Å². The van der Waals surface area contributed by atoms with Crippen molar-refractivity contribution in [1.29, 1.82) is 0 Å². The Bertz CT molecular complexity index is 1020. The van der Waals surface area contributed by atoms with Crippen LogP contribution in [0.3, 0.4) is 0 Å². The van der Waals surface area contributed by atoms with Gasteiger partial charge >= 0.3 is 0 Å². The molecule has 28 heavy (non-hydrogen) atoms. The maximum Gasteiger partial charge on any atom is 0.260 e. The molecule has 0 radical (unpaired) electrons. The third kappa shape index (κ3) is 4.25. The second-order valence-corrected chi connectivity index (χ2v) is 6.84. The molecule has 0 N–H and O–H groups in total. The van der Waals surface area contributed by atoms with Crippen molar-refractivity contribution in [2.45, 2.75) is 26.7 Å². The largest absolute Gasteiger partial charge is 0.484 e. The van der Waals surface area contributed by atoms with Gasteiger partial charge in [-0.3, -0.25) is 9.59 Å². The Balaban J connectivity index is 1.83. The number of fused-ring (bicyclic) bond motifs is 1. The molecule has 1 amide bonds. The predicted octanol–water partition coefficient (Wildman–Crippen LogP) is 4.41. The first-order chi connectivity index (χ1) is 13.5. The maximum absolute atomic E-state index is 13.0. The van der Waals surface area contributed by atoms with Crippen LogP contribution in [-0.4, -0.2) is 31.0 Å². The van der Waals surface area contributed by atoms with Crippen LogP contribution in [0.1, 0.15) is 25.5 Å². The molecule has 3 aromatic rings. The summed E-state index contributed by atoms with van der Waals surface area (Å²) in [7, 11) is 1.77. The van der Waals surface area contributed by atoms with Gasteiger partial charge in [-0.2, -0.15) is 0 Å². The van der Waals surface area contributed by atoms with Gasteiger partial charge in [0.15, 0.2) is 6.61 Å². The SMILES string of the molecule is CCCCN(C)C(=O)COc1ccc2c(=O)c(-c3ccccc3)c(C)oc2c1. The van der Waals surface area contributed by atoms with E-state index in [1.807, 2.05) is 30.3 Å². The van der Waals surface area contributed by atoms with E-state index >= 15 is 0 Å². The molecule has 146 valence electrons. The molecule has 0 saturated carbocycles. The van der Waals surface area contributed by atoms with Gasteiger partial charge in [0.05, 0.1) is 10.9 Å². The fraction of sp³-hybridized carbons (Fsp3) is 0.304. The van der Waals surface area contributed by atoms with Crippen LogP contribution >= 0.6 is 0 Å². The number of amides is 1. The number of hydrogen-bond donors (Lipinski definition) is 0. The highest BCUT2D eigenvalue weighted by Gasteiger charge is 2.14. The molecule has 2 aromatic carbocycles. The minimum atomic E-state index is -0.0781. The lowest BCUT2D eigenvalue weighted by Crippen LogP contribution is -2.32. The van der Waals surface area contributed by atoms with E-state index in [0.29, 0.717) is 34.6 Å². The van der Waals surface area contributed by atoms with E-state index in [1.54, 1.807) is 37.1 Å². The first-order valence-electron chi connectivity index (χ1n) is 9.51. The lowest BCUT2D eigenvalue weighted by atomic mass is 10.0. The Morgan fingerprint density at radius 2 is 1.89 bits per heavy atom. The lowest BCUT2D eigenvalue weighted by molar-refractivity contribution is -0.132. The summed E-state index contributed by atoms with van der Waals surface area (Å²) < 4.78 is 11.5. The Labute approximate surface area is 164 Å². The Morgan fingerprint density at radius 1 is 1.14 bits per heavy atom. The molecular weight excluding hydrogens is 354 g/mol. The number of likely N-dealkylation sites (N-methyl/N-ethyl adjacent to an activating group) is 1. The van der Waals surface area contributed by atoms with Crippen LogP contribution in [0.15, 0.2) is 57.7 Å². The zero-order valence-corrected chi connectivity index (χ0v) is 16.5. The summed E-state index contributed by atoms with van der Waals surface area (Å²) in [5.74, 6) is 0.974. The molecule has 0 unspecified atom stereocenters. The van der Waals surface area contributed by atoms with Gasteiger partial charge in [0.1, 0.15) is 17.1 Å². The van der Waals surface area contributed by atoms with Crippen molar-refractivity contribution >= 4 is 16.9 Å². The summed E-state index contributed by atoms with van der Waals surface area (Å²) in [6.07, 6.45) is 2.00. The molecule has 0 aliphatic heterocycles. The highest BCUT2D eigenvalue weighted by atomic mass is 16.5. The van der Waals surface area contributed by atoms with Crippen molar-refractivity contribution in [3.8, 4) is 16.9 Å². The number of carbonyl (C=O) groups is 1. The zero-order chi connectivity index (χ0) is 20.1. The van der Waals surface area contributed by atoms with E-state index < -0.39 is 0 Å². The highest BCUT2D eigenvalue weighted by Crippen LogP contribution is 2.26. The van der Waals surface area contributed by atoms with Gasteiger partial charge < -0.3 is 14.1 Å². The summed E-state index contributed by atoms with van der Waals surface area (Å²) in [5.41, 5.74) is 1.77. The van der Waals surface area contributed by atoms with Crippen molar-refractivity contribution in [2.75, 3.05) is 20.2 Å². The van der Waals surface area contributed by atoms with Gasteiger partial charge in [-0.15, -0.1) is 0 Å². The van der Waals surface area contributed by atoms with Crippen LogP contribution in [0.25, 0.3) is 22.1 Å². The highest BCUT2D eigenvalue weighted by molar-refractivity contribution is 5.84. The minimum Gasteiger partial charge on any atom is -0.484 e. The molecule has 0 fully saturated rings. The quantitative estimate of drug-likeness (QED) is 0.610. The number of benzene rings is 2. The number of ether oxygens (including phenoxy) is 1. The fourth-order valence-electron chi connectivity index (χ4n) is 3.09. The van der Waals surface area contributed by atoms with E-state index in [0.717, 1.165) is 18.4 Å². The van der Waals surface area contributed by atoms with E-state index in [4.69, 9.17) is 9.15 Å². The standard InChI is InChI=1S/C23H25NO4/c1-4-5-13-24(3)21(25)15-27-18-11-12-19-20(14-18)28-16(2)22(23(19)26)17-9-7-6-8-10-17/h6-12,14H,4-5,13,15H2,1-3H3. The molecule has 5 nitrogen and oxygen atoms in total. The van der Waals surface area contributed by atoms with Crippen molar-refractivity contribution in [2.24, 2.45) is 0 Å². The molecule has 5 heteroatoms. The third-order valence-corrected chi connectivity index (χ3v) is 4.74.